The van der Waals surface area contributed by atoms with Crippen LogP contribution in [0.3, 0.4) is 0 Å². The van der Waals surface area contributed by atoms with Crippen molar-refractivity contribution in [3.05, 3.63) is 101 Å². The number of Topliss-reactive ketones (excluding diaryl/α,β-unsaturated/α-hetero) is 1. The van der Waals surface area contributed by atoms with Gasteiger partial charge in [0.1, 0.15) is 17.5 Å². The van der Waals surface area contributed by atoms with Crippen LogP contribution < -0.4 is 4.74 Å². The Hall–Kier alpha value is -4.53. The zero-order chi connectivity index (χ0) is 28.6. The molecule has 0 unspecified atom stereocenters. The first-order valence-electron chi connectivity index (χ1n) is 14.1. The number of ether oxygens (including phenoxy) is 1. The van der Waals surface area contributed by atoms with Crippen LogP contribution in [0.15, 0.2) is 66.9 Å². The SMILES string of the molecule is [C-]#[N+]c1ccc(OC2CCN(C(=O)c3ccc(C(=O)CC4CCN(Cc5ccc(C#N)cc5)CC4)nc3)CC2)cc1. The maximum absolute atomic E-state index is 13.0. The lowest BCUT2D eigenvalue weighted by Gasteiger charge is -2.32. The number of nitriles is 1. The molecule has 0 atom stereocenters. The van der Waals surface area contributed by atoms with Gasteiger partial charge in [-0.1, -0.05) is 24.3 Å². The first-order chi connectivity index (χ1) is 20.0. The Bertz CT molecular complexity index is 1420. The van der Waals surface area contributed by atoms with Crippen molar-refractivity contribution in [3.8, 4) is 11.8 Å². The van der Waals surface area contributed by atoms with Gasteiger partial charge in [0, 0.05) is 45.1 Å². The second-order valence-electron chi connectivity index (χ2n) is 10.8. The molecule has 3 aromatic rings. The van der Waals surface area contributed by atoms with E-state index in [0.29, 0.717) is 47.9 Å². The summed E-state index contributed by atoms with van der Waals surface area (Å²) < 4.78 is 6.03. The van der Waals surface area contributed by atoms with Crippen molar-refractivity contribution in [3.63, 3.8) is 0 Å². The van der Waals surface area contributed by atoms with E-state index in [4.69, 9.17) is 16.6 Å². The lowest BCUT2D eigenvalue weighted by Crippen LogP contribution is -2.41. The Morgan fingerprint density at radius 1 is 0.951 bits per heavy atom. The number of benzene rings is 2. The van der Waals surface area contributed by atoms with E-state index in [1.165, 1.54) is 11.8 Å². The van der Waals surface area contributed by atoms with E-state index < -0.39 is 0 Å². The fourth-order valence-corrected chi connectivity index (χ4v) is 5.49. The molecular weight excluding hydrogens is 514 g/mol. The molecule has 2 fully saturated rings. The molecule has 2 aliphatic rings. The Labute approximate surface area is 241 Å². The normalized spacial score (nSPS) is 16.5. The first kappa shape index (κ1) is 28.0. The number of hydrogen-bond acceptors (Lipinski definition) is 6. The van der Waals surface area contributed by atoms with Gasteiger partial charge < -0.3 is 9.64 Å². The van der Waals surface area contributed by atoms with Gasteiger partial charge in [-0.3, -0.25) is 19.5 Å². The molecule has 2 saturated heterocycles. The Balaban J connectivity index is 1.05. The number of pyridine rings is 1. The number of aromatic nitrogens is 1. The van der Waals surface area contributed by atoms with Crippen LogP contribution in [0.5, 0.6) is 5.75 Å². The van der Waals surface area contributed by atoms with Crippen LogP contribution in [-0.4, -0.2) is 58.8 Å². The topological polar surface area (TPSA) is 90.9 Å². The number of piperidine rings is 2. The van der Waals surface area contributed by atoms with Crippen molar-refractivity contribution < 1.29 is 14.3 Å². The summed E-state index contributed by atoms with van der Waals surface area (Å²) in [5.41, 5.74) is 3.35. The molecule has 5 rings (SSSR count). The smallest absolute Gasteiger partial charge is 0.255 e. The second kappa shape index (κ2) is 13.2. The van der Waals surface area contributed by atoms with Gasteiger partial charge in [-0.05, 0) is 73.8 Å². The van der Waals surface area contributed by atoms with Crippen molar-refractivity contribution in [2.45, 2.75) is 44.8 Å². The minimum Gasteiger partial charge on any atom is -0.490 e. The van der Waals surface area contributed by atoms with Gasteiger partial charge in [-0.25, -0.2) is 4.85 Å². The van der Waals surface area contributed by atoms with E-state index in [0.717, 1.165) is 51.1 Å². The number of ketones is 1. The maximum atomic E-state index is 13.0. The fourth-order valence-electron chi connectivity index (χ4n) is 5.49. The summed E-state index contributed by atoms with van der Waals surface area (Å²) in [6.45, 7) is 11.0. The minimum absolute atomic E-state index is 0.0249. The lowest BCUT2D eigenvalue weighted by atomic mass is 9.90. The van der Waals surface area contributed by atoms with E-state index in [1.54, 1.807) is 24.3 Å². The lowest BCUT2D eigenvalue weighted by molar-refractivity contribution is 0.0594. The number of rotatable bonds is 8. The molecule has 0 aliphatic carbocycles. The predicted molar refractivity (Wildman–Crippen MR) is 155 cm³/mol. The van der Waals surface area contributed by atoms with E-state index in [9.17, 15) is 9.59 Å². The molecule has 0 spiro atoms. The summed E-state index contributed by atoms with van der Waals surface area (Å²) in [6.07, 6.45) is 5.41. The number of nitrogens with zero attached hydrogens (tertiary/aromatic N) is 5. The molecular formula is C33H33N5O3. The number of carbonyl (C=O) groups excluding carboxylic acids is 2. The highest BCUT2D eigenvalue weighted by molar-refractivity contribution is 5.97. The molecule has 0 bridgehead atoms. The Morgan fingerprint density at radius 2 is 1.66 bits per heavy atom. The van der Waals surface area contributed by atoms with Gasteiger partial charge in [-0.2, -0.15) is 5.26 Å². The number of carbonyl (C=O) groups is 2. The van der Waals surface area contributed by atoms with Crippen molar-refractivity contribution >= 4 is 17.4 Å². The highest BCUT2D eigenvalue weighted by Gasteiger charge is 2.26. The molecule has 2 aromatic carbocycles. The third-order valence-corrected chi connectivity index (χ3v) is 7.96. The molecule has 8 nitrogen and oxygen atoms in total. The van der Waals surface area contributed by atoms with Crippen LogP contribution in [0.25, 0.3) is 4.85 Å². The van der Waals surface area contributed by atoms with Crippen molar-refractivity contribution in [2.75, 3.05) is 26.2 Å². The summed E-state index contributed by atoms with van der Waals surface area (Å²) in [4.78, 5) is 37.9. The molecule has 0 saturated carbocycles. The van der Waals surface area contributed by atoms with Gasteiger partial charge in [0.25, 0.3) is 5.91 Å². The van der Waals surface area contributed by atoms with Crippen LogP contribution in [-0.2, 0) is 6.54 Å². The van der Waals surface area contributed by atoms with E-state index in [2.05, 4.69) is 20.8 Å². The Kier molecular flexibility index (Phi) is 9.03. The fraction of sp³-hybridized carbons (Fsp3) is 0.364. The molecule has 3 heterocycles. The van der Waals surface area contributed by atoms with Gasteiger partial charge in [0.2, 0.25) is 0 Å². The van der Waals surface area contributed by atoms with Crippen LogP contribution in [0.2, 0.25) is 0 Å². The standard InChI is InChI=1S/C33H33N5O3/c1-35-28-7-9-29(10-8-28)41-30-14-18-38(19-15-30)33(40)27-6-11-31(36-22-27)32(39)20-24-12-16-37(17-13-24)23-26-4-2-25(21-34)3-5-26/h2-11,22,24,30H,12-20,23H2. The maximum Gasteiger partial charge on any atom is 0.255 e. The van der Waals surface area contributed by atoms with E-state index in [1.807, 2.05) is 41.3 Å². The average Bonchev–Trinajstić information content (AvgIpc) is 3.03. The Morgan fingerprint density at radius 3 is 2.27 bits per heavy atom. The average molecular weight is 548 g/mol. The molecule has 0 radical (unpaired) electrons. The highest BCUT2D eigenvalue weighted by Crippen LogP contribution is 2.25. The van der Waals surface area contributed by atoms with Crippen LogP contribution in [0.1, 0.15) is 64.1 Å². The molecule has 8 heteroatoms. The quantitative estimate of drug-likeness (QED) is 0.267. The van der Waals surface area contributed by atoms with Gasteiger partial charge >= 0.3 is 0 Å². The highest BCUT2D eigenvalue weighted by atomic mass is 16.5. The van der Waals surface area contributed by atoms with Crippen molar-refractivity contribution in [2.24, 2.45) is 5.92 Å². The zero-order valence-electron chi connectivity index (χ0n) is 23.0. The van der Waals surface area contributed by atoms with Crippen molar-refractivity contribution in [1.82, 2.24) is 14.8 Å². The molecule has 2 aliphatic heterocycles. The molecule has 41 heavy (non-hydrogen) atoms. The number of likely N-dealkylation sites (tertiary alicyclic amines) is 2. The van der Waals surface area contributed by atoms with Gasteiger partial charge in [0.15, 0.2) is 11.5 Å². The molecule has 1 aromatic heterocycles. The van der Waals surface area contributed by atoms with Crippen LogP contribution >= 0.6 is 0 Å². The summed E-state index contributed by atoms with van der Waals surface area (Å²) >= 11 is 0. The molecule has 0 N–H and O–H groups in total. The largest absolute Gasteiger partial charge is 0.490 e. The summed E-state index contributed by atoms with van der Waals surface area (Å²) in [7, 11) is 0. The third-order valence-electron chi connectivity index (χ3n) is 7.96. The predicted octanol–water partition coefficient (Wildman–Crippen LogP) is 5.67. The zero-order valence-corrected chi connectivity index (χ0v) is 23.0. The van der Waals surface area contributed by atoms with Crippen LogP contribution in [0, 0.1) is 23.8 Å². The molecule has 1 amide bonds. The summed E-state index contributed by atoms with van der Waals surface area (Å²) in [5, 5.41) is 8.96. The van der Waals surface area contributed by atoms with Gasteiger partial charge in [-0.15, -0.1) is 0 Å². The summed E-state index contributed by atoms with van der Waals surface area (Å²) in [6, 6.07) is 20.4. The second-order valence-corrected chi connectivity index (χ2v) is 10.8. The van der Waals surface area contributed by atoms with Crippen molar-refractivity contribution in [1.29, 1.82) is 5.26 Å². The minimum atomic E-state index is -0.0778. The number of amides is 1. The third kappa shape index (κ3) is 7.36. The van der Waals surface area contributed by atoms with E-state index in [-0.39, 0.29) is 17.8 Å². The van der Waals surface area contributed by atoms with Crippen LogP contribution in [0.4, 0.5) is 5.69 Å². The first-order valence-corrected chi connectivity index (χ1v) is 14.1. The number of hydrogen-bond donors (Lipinski definition) is 0. The van der Waals surface area contributed by atoms with E-state index >= 15 is 0 Å². The monoisotopic (exact) mass is 547 g/mol. The summed E-state index contributed by atoms with van der Waals surface area (Å²) in [5.74, 6) is 1.01. The van der Waals surface area contributed by atoms with Gasteiger partial charge in [0.05, 0.1) is 23.8 Å². The molecule has 208 valence electrons.